The van der Waals surface area contributed by atoms with Gasteiger partial charge in [0.05, 0.1) is 12.8 Å². The zero-order valence-electron chi connectivity index (χ0n) is 17.4. The van der Waals surface area contributed by atoms with Gasteiger partial charge in [-0.15, -0.1) is 0 Å². The fraction of sp³-hybridized carbons (Fsp3) is 0.400. The van der Waals surface area contributed by atoms with Crippen molar-refractivity contribution >= 4 is 18.1 Å². The number of ether oxygens (including phenoxy) is 1. The smallest absolute Gasteiger partial charge is 0.119 e. The van der Waals surface area contributed by atoms with Crippen molar-refractivity contribution in [3.05, 3.63) is 64.5 Å². The number of aliphatic imine (C=N–C) groups is 1. The fourth-order valence-electron chi connectivity index (χ4n) is 4.29. The van der Waals surface area contributed by atoms with Gasteiger partial charge >= 0.3 is 0 Å². The van der Waals surface area contributed by atoms with E-state index in [2.05, 4.69) is 61.2 Å². The Labute approximate surface area is 168 Å². The van der Waals surface area contributed by atoms with Gasteiger partial charge in [0.2, 0.25) is 0 Å². The lowest BCUT2D eigenvalue weighted by Gasteiger charge is -2.29. The summed E-state index contributed by atoms with van der Waals surface area (Å²) in [5.74, 6) is 1.58. The standard InChI is InChI=1S/C25H32N2O/c1-18(20-11-6-5-7-12-20)27-19(2)23-15-8-9-16-24(23)25(26-3)21-13-10-14-22(17-21)28-4/h8-10,13-18,20,27H,3,5-7,11-12H2,1-2,4H3/b23-19+,25-24-. The summed E-state index contributed by atoms with van der Waals surface area (Å²) in [5, 5.41) is 6.04. The molecule has 1 aliphatic rings. The van der Waals surface area contributed by atoms with Crippen LogP contribution in [0.1, 0.15) is 51.5 Å². The molecule has 1 fully saturated rings. The molecule has 0 amide bonds. The molecule has 0 aromatic heterocycles. The van der Waals surface area contributed by atoms with Crippen molar-refractivity contribution in [3.63, 3.8) is 0 Å². The van der Waals surface area contributed by atoms with E-state index < -0.39 is 0 Å². The van der Waals surface area contributed by atoms with Gasteiger partial charge in [-0.1, -0.05) is 55.7 Å². The van der Waals surface area contributed by atoms with E-state index in [0.29, 0.717) is 6.04 Å². The number of rotatable bonds is 6. The minimum Gasteiger partial charge on any atom is -0.497 e. The van der Waals surface area contributed by atoms with Gasteiger partial charge in [0.15, 0.2) is 0 Å². The second-order valence-electron chi connectivity index (χ2n) is 7.74. The average Bonchev–Trinajstić information content (AvgIpc) is 2.75. The third-order valence-electron chi connectivity index (χ3n) is 5.89. The van der Waals surface area contributed by atoms with E-state index in [1.165, 1.54) is 43.0 Å². The van der Waals surface area contributed by atoms with E-state index in [4.69, 9.17) is 4.74 Å². The molecule has 1 unspecified atom stereocenters. The van der Waals surface area contributed by atoms with Crippen LogP contribution in [-0.2, 0) is 0 Å². The van der Waals surface area contributed by atoms with E-state index in [9.17, 15) is 0 Å². The lowest BCUT2D eigenvalue weighted by molar-refractivity contribution is 0.298. The molecule has 0 bridgehead atoms. The molecule has 0 aliphatic heterocycles. The van der Waals surface area contributed by atoms with E-state index in [0.717, 1.165) is 28.1 Å². The molecule has 1 atom stereocenters. The van der Waals surface area contributed by atoms with E-state index in [1.54, 1.807) is 7.11 Å². The number of hydrogen-bond acceptors (Lipinski definition) is 3. The highest BCUT2D eigenvalue weighted by molar-refractivity contribution is 5.69. The number of nitrogens with one attached hydrogen (secondary N) is 1. The van der Waals surface area contributed by atoms with Crippen LogP contribution in [0, 0.1) is 5.92 Å². The summed E-state index contributed by atoms with van der Waals surface area (Å²) in [7, 11) is 1.68. The third-order valence-corrected chi connectivity index (χ3v) is 5.89. The Kier molecular flexibility index (Phi) is 6.91. The largest absolute Gasteiger partial charge is 0.497 e. The number of methoxy groups -OCH3 is 1. The second kappa shape index (κ2) is 9.59. The highest BCUT2D eigenvalue weighted by Crippen LogP contribution is 2.26. The summed E-state index contributed by atoms with van der Waals surface area (Å²) in [5.41, 5.74) is 3.08. The third kappa shape index (κ3) is 4.64. The first-order chi connectivity index (χ1) is 13.6. The van der Waals surface area contributed by atoms with Crippen molar-refractivity contribution in [1.29, 1.82) is 0 Å². The molecule has 1 N–H and O–H groups in total. The molecule has 3 heteroatoms. The normalized spacial score (nSPS) is 18.1. The molecule has 1 saturated carbocycles. The molecule has 2 aromatic rings. The topological polar surface area (TPSA) is 33.6 Å². The maximum Gasteiger partial charge on any atom is 0.119 e. The molecular weight excluding hydrogens is 344 g/mol. The van der Waals surface area contributed by atoms with Gasteiger partial charge in [0.1, 0.15) is 5.75 Å². The minimum absolute atomic E-state index is 0.477. The molecule has 1 aliphatic carbocycles. The molecule has 28 heavy (non-hydrogen) atoms. The van der Waals surface area contributed by atoms with Crippen LogP contribution in [-0.4, -0.2) is 19.9 Å². The maximum absolute atomic E-state index is 5.39. The second-order valence-corrected chi connectivity index (χ2v) is 7.74. The molecule has 148 valence electrons. The Morgan fingerprint density at radius 3 is 2.46 bits per heavy atom. The van der Waals surface area contributed by atoms with Gasteiger partial charge in [-0.25, -0.2) is 0 Å². The number of benzene rings is 2. The SMILES string of the molecule is C=N/C(c1cccc(OC)c1)=c1/cccc/c1=C(/C)NC(C)C1CCCCC1. The Morgan fingerprint density at radius 1 is 1.07 bits per heavy atom. The van der Waals surface area contributed by atoms with Crippen LogP contribution in [0.2, 0.25) is 0 Å². The van der Waals surface area contributed by atoms with Crippen molar-refractivity contribution in [2.45, 2.75) is 52.0 Å². The first-order valence-electron chi connectivity index (χ1n) is 10.3. The molecule has 0 radical (unpaired) electrons. The molecule has 0 saturated heterocycles. The Bertz CT molecular complexity index is 926. The van der Waals surface area contributed by atoms with Crippen molar-refractivity contribution in [1.82, 2.24) is 5.32 Å². The van der Waals surface area contributed by atoms with Crippen LogP contribution in [0.4, 0.5) is 0 Å². The minimum atomic E-state index is 0.477. The Morgan fingerprint density at radius 2 is 1.79 bits per heavy atom. The molecule has 3 nitrogen and oxygen atoms in total. The van der Waals surface area contributed by atoms with Gasteiger partial charge in [0.25, 0.3) is 0 Å². The molecule has 3 rings (SSSR count). The van der Waals surface area contributed by atoms with Crippen LogP contribution in [0.15, 0.2) is 53.5 Å². The van der Waals surface area contributed by atoms with E-state index in [1.807, 2.05) is 18.2 Å². The summed E-state index contributed by atoms with van der Waals surface area (Å²) in [6, 6.07) is 16.9. The predicted octanol–water partition coefficient (Wildman–Crippen LogP) is 4.24. The summed E-state index contributed by atoms with van der Waals surface area (Å²) < 4.78 is 5.39. The summed E-state index contributed by atoms with van der Waals surface area (Å²) in [6.07, 6.45) is 6.77. The zero-order chi connectivity index (χ0) is 19.9. The van der Waals surface area contributed by atoms with Crippen molar-refractivity contribution < 1.29 is 4.74 Å². The molecule has 2 aromatic carbocycles. The Balaban J connectivity index is 2.06. The van der Waals surface area contributed by atoms with Crippen LogP contribution < -0.4 is 20.5 Å². The highest BCUT2D eigenvalue weighted by Gasteiger charge is 2.19. The van der Waals surface area contributed by atoms with Gasteiger partial charge < -0.3 is 10.1 Å². The van der Waals surface area contributed by atoms with Gasteiger partial charge in [-0.2, -0.15) is 0 Å². The van der Waals surface area contributed by atoms with Crippen LogP contribution >= 0.6 is 0 Å². The number of hydrogen-bond donors (Lipinski definition) is 1. The van der Waals surface area contributed by atoms with Crippen LogP contribution in [0.5, 0.6) is 5.75 Å². The lowest BCUT2D eigenvalue weighted by Crippen LogP contribution is -2.39. The van der Waals surface area contributed by atoms with Gasteiger partial charge in [-0.3, -0.25) is 4.99 Å². The summed E-state index contributed by atoms with van der Waals surface area (Å²) in [6.45, 7) is 8.34. The van der Waals surface area contributed by atoms with Gasteiger partial charge in [-0.05, 0) is 51.5 Å². The quantitative estimate of drug-likeness (QED) is 0.765. The van der Waals surface area contributed by atoms with Crippen LogP contribution in [0.3, 0.4) is 0 Å². The average molecular weight is 377 g/mol. The lowest BCUT2D eigenvalue weighted by atomic mass is 9.84. The predicted molar refractivity (Wildman–Crippen MR) is 119 cm³/mol. The monoisotopic (exact) mass is 376 g/mol. The zero-order valence-corrected chi connectivity index (χ0v) is 17.4. The summed E-state index contributed by atoms with van der Waals surface area (Å²) in [4.78, 5) is 4.39. The van der Waals surface area contributed by atoms with Crippen LogP contribution in [0.25, 0.3) is 11.4 Å². The highest BCUT2D eigenvalue weighted by atomic mass is 16.5. The fourth-order valence-corrected chi connectivity index (χ4v) is 4.29. The first-order valence-corrected chi connectivity index (χ1v) is 10.3. The van der Waals surface area contributed by atoms with E-state index >= 15 is 0 Å². The molecule has 0 heterocycles. The first kappa shape index (κ1) is 20.2. The van der Waals surface area contributed by atoms with E-state index in [-0.39, 0.29) is 0 Å². The number of nitrogens with zero attached hydrogens (tertiary/aromatic N) is 1. The molecular formula is C25H32N2O. The van der Waals surface area contributed by atoms with Crippen molar-refractivity contribution in [2.75, 3.05) is 7.11 Å². The molecule has 0 spiro atoms. The summed E-state index contributed by atoms with van der Waals surface area (Å²) >= 11 is 0. The maximum atomic E-state index is 5.39. The Hall–Kier alpha value is -2.55. The van der Waals surface area contributed by atoms with Crippen molar-refractivity contribution in [2.24, 2.45) is 10.9 Å². The van der Waals surface area contributed by atoms with Crippen molar-refractivity contribution in [3.8, 4) is 5.75 Å². The van der Waals surface area contributed by atoms with Gasteiger partial charge in [0, 0.05) is 27.7 Å².